The van der Waals surface area contributed by atoms with Crippen LogP contribution in [-0.4, -0.2) is 11.2 Å². The van der Waals surface area contributed by atoms with Crippen LogP contribution >= 0.6 is 24.0 Å². The highest BCUT2D eigenvalue weighted by Crippen LogP contribution is 2.32. The van der Waals surface area contributed by atoms with Crippen LogP contribution in [0.5, 0.6) is 0 Å². The summed E-state index contributed by atoms with van der Waals surface area (Å²) in [6.45, 7) is 0. The molecule has 0 saturated carbocycles. The van der Waals surface area contributed by atoms with Crippen LogP contribution in [0.4, 0.5) is 13.2 Å². The second kappa shape index (κ2) is 4.40. The number of alkyl halides is 3. The van der Waals surface area contributed by atoms with E-state index in [1.165, 1.54) is 11.8 Å². The molecule has 0 saturated heterocycles. The van der Waals surface area contributed by atoms with Crippen molar-refractivity contribution in [2.24, 2.45) is 5.73 Å². The van der Waals surface area contributed by atoms with Gasteiger partial charge < -0.3 is 5.73 Å². The van der Waals surface area contributed by atoms with Crippen molar-refractivity contribution in [3.63, 3.8) is 0 Å². The Morgan fingerprint density at radius 3 is 2.33 bits per heavy atom. The van der Waals surface area contributed by atoms with Crippen LogP contribution in [0.3, 0.4) is 0 Å². The van der Waals surface area contributed by atoms with E-state index in [0.717, 1.165) is 12.1 Å². The highest BCUT2D eigenvalue weighted by molar-refractivity contribution is 7.98. The second-order valence-corrected chi connectivity index (χ2v) is 4.13. The summed E-state index contributed by atoms with van der Waals surface area (Å²) in [5.41, 5.74) is 4.82. The van der Waals surface area contributed by atoms with Crippen LogP contribution in [0.1, 0.15) is 11.1 Å². The fourth-order valence-electron chi connectivity index (χ4n) is 1.02. The molecule has 82 valence electrons. The number of halogens is 3. The van der Waals surface area contributed by atoms with Crippen LogP contribution in [0, 0.1) is 0 Å². The minimum absolute atomic E-state index is 0.0311. The Morgan fingerprint density at radius 2 is 1.93 bits per heavy atom. The van der Waals surface area contributed by atoms with Crippen molar-refractivity contribution in [3.05, 3.63) is 29.3 Å². The lowest BCUT2D eigenvalue weighted by atomic mass is 10.1. The van der Waals surface area contributed by atoms with Gasteiger partial charge in [0, 0.05) is 10.5 Å². The normalized spacial score (nSPS) is 11.5. The molecule has 0 spiro atoms. The predicted molar refractivity (Wildman–Crippen MR) is 59.1 cm³/mol. The summed E-state index contributed by atoms with van der Waals surface area (Å²) in [6, 6.07) is 3.58. The number of benzene rings is 1. The molecule has 0 atom stereocenters. The van der Waals surface area contributed by atoms with Crippen LogP contribution in [-0.2, 0) is 6.18 Å². The molecule has 0 radical (unpaired) electrons. The highest BCUT2D eigenvalue weighted by Gasteiger charge is 2.31. The fourth-order valence-corrected chi connectivity index (χ4v) is 1.63. The zero-order valence-electron chi connectivity index (χ0n) is 7.76. The minimum atomic E-state index is -4.37. The number of hydrogen-bond donors (Lipinski definition) is 1. The van der Waals surface area contributed by atoms with Gasteiger partial charge in [-0.15, -0.1) is 11.8 Å². The van der Waals surface area contributed by atoms with E-state index >= 15 is 0 Å². The fraction of sp³-hybridized carbons (Fsp3) is 0.222. The van der Waals surface area contributed by atoms with Crippen molar-refractivity contribution in [2.75, 3.05) is 6.26 Å². The number of thiocarbonyl (C=S) groups is 1. The van der Waals surface area contributed by atoms with E-state index in [2.05, 4.69) is 12.2 Å². The summed E-state index contributed by atoms with van der Waals surface area (Å²) in [4.78, 5) is 0.462. The van der Waals surface area contributed by atoms with Gasteiger partial charge in [-0.2, -0.15) is 13.2 Å². The van der Waals surface area contributed by atoms with Gasteiger partial charge in [0.05, 0.1) is 5.56 Å². The van der Waals surface area contributed by atoms with Crippen molar-refractivity contribution in [2.45, 2.75) is 11.1 Å². The van der Waals surface area contributed by atoms with E-state index in [1.54, 1.807) is 12.3 Å². The zero-order valence-corrected chi connectivity index (χ0v) is 9.39. The van der Waals surface area contributed by atoms with Crippen molar-refractivity contribution >= 4 is 29.0 Å². The average Bonchev–Trinajstić information content (AvgIpc) is 2.15. The quantitative estimate of drug-likeness (QED) is 0.646. The maximum atomic E-state index is 12.5. The van der Waals surface area contributed by atoms with Crippen LogP contribution in [0.2, 0.25) is 0 Å². The minimum Gasteiger partial charge on any atom is -0.389 e. The Labute approximate surface area is 94.8 Å². The lowest BCUT2D eigenvalue weighted by Crippen LogP contribution is -2.12. The molecule has 0 aromatic heterocycles. The Hall–Kier alpha value is -0.750. The van der Waals surface area contributed by atoms with Crippen molar-refractivity contribution in [1.82, 2.24) is 0 Å². The lowest BCUT2D eigenvalue weighted by Gasteiger charge is -2.10. The molecule has 0 bridgehead atoms. The van der Waals surface area contributed by atoms with Gasteiger partial charge >= 0.3 is 6.18 Å². The Kier molecular flexibility index (Phi) is 3.62. The standard InChI is InChI=1S/C9H8F3NS2/c1-15-7-3-5(8(13)14)2-6(4-7)9(10,11)12/h2-4H,1H3,(H2,13,14). The van der Waals surface area contributed by atoms with Gasteiger partial charge in [-0.05, 0) is 24.5 Å². The molecule has 1 nitrogen and oxygen atoms in total. The summed E-state index contributed by atoms with van der Waals surface area (Å²) >= 11 is 5.87. The first kappa shape index (κ1) is 12.3. The summed E-state index contributed by atoms with van der Waals surface area (Å²) in [5.74, 6) is 0. The molecule has 0 aliphatic rings. The first-order valence-corrected chi connectivity index (χ1v) is 5.54. The average molecular weight is 251 g/mol. The molecule has 0 amide bonds. The summed E-state index contributed by atoms with van der Waals surface area (Å²) < 4.78 is 37.4. The molecule has 0 fully saturated rings. The summed E-state index contributed by atoms with van der Waals surface area (Å²) in [5, 5.41) is 0. The maximum Gasteiger partial charge on any atom is 0.416 e. The van der Waals surface area contributed by atoms with Crippen molar-refractivity contribution in [1.29, 1.82) is 0 Å². The Bertz CT molecular complexity index is 387. The first-order chi connectivity index (χ1) is 6.84. The van der Waals surface area contributed by atoms with E-state index < -0.39 is 11.7 Å². The number of rotatable bonds is 2. The number of nitrogens with two attached hydrogens (primary N) is 1. The summed E-state index contributed by atoms with van der Waals surface area (Å²) in [6.07, 6.45) is -2.68. The molecule has 15 heavy (non-hydrogen) atoms. The topological polar surface area (TPSA) is 26.0 Å². The van der Waals surface area contributed by atoms with Crippen LogP contribution in [0.15, 0.2) is 23.1 Å². The van der Waals surface area contributed by atoms with Gasteiger partial charge in [0.25, 0.3) is 0 Å². The monoisotopic (exact) mass is 251 g/mol. The largest absolute Gasteiger partial charge is 0.416 e. The van der Waals surface area contributed by atoms with Gasteiger partial charge in [-0.3, -0.25) is 0 Å². The van der Waals surface area contributed by atoms with Gasteiger partial charge in [-0.25, -0.2) is 0 Å². The predicted octanol–water partition coefficient (Wildman–Crippen LogP) is 3.06. The molecule has 6 heteroatoms. The SMILES string of the molecule is CSc1cc(C(N)=S)cc(C(F)(F)F)c1. The third-order valence-electron chi connectivity index (χ3n) is 1.75. The van der Waals surface area contributed by atoms with E-state index in [4.69, 9.17) is 5.73 Å². The third-order valence-corrected chi connectivity index (χ3v) is 2.70. The van der Waals surface area contributed by atoms with Crippen molar-refractivity contribution < 1.29 is 13.2 Å². The van der Waals surface area contributed by atoms with Gasteiger partial charge in [0.15, 0.2) is 0 Å². The summed E-state index contributed by atoms with van der Waals surface area (Å²) in [7, 11) is 0. The smallest absolute Gasteiger partial charge is 0.389 e. The number of hydrogen-bond acceptors (Lipinski definition) is 2. The first-order valence-electron chi connectivity index (χ1n) is 3.90. The van der Waals surface area contributed by atoms with Crippen molar-refractivity contribution in [3.8, 4) is 0 Å². The molecule has 2 N–H and O–H groups in total. The van der Waals surface area contributed by atoms with Crippen LogP contribution < -0.4 is 5.73 Å². The molecule has 1 aromatic rings. The Balaban J connectivity index is 3.30. The zero-order chi connectivity index (χ0) is 11.6. The highest BCUT2D eigenvalue weighted by atomic mass is 32.2. The molecule has 0 unspecified atom stereocenters. The van der Waals surface area contributed by atoms with E-state index in [9.17, 15) is 13.2 Å². The third kappa shape index (κ3) is 3.10. The molecule has 1 rings (SSSR count). The molecular weight excluding hydrogens is 243 g/mol. The second-order valence-electron chi connectivity index (χ2n) is 2.81. The maximum absolute atomic E-state index is 12.5. The lowest BCUT2D eigenvalue weighted by molar-refractivity contribution is -0.137. The molecule has 0 aliphatic carbocycles. The molecule has 1 aromatic carbocycles. The number of thioether (sulfide) groups is 1. The van der Waals surface area contributed by atoms with E-state index in [0.29, 0.717) is 4.90 Å². The van der Waals surface area contributed by atoms with Gasteiger partial charge in [0.2, 0.25) is 0 Å². The van der Waals surface area contributed by atoms with Gasteiger partial charge in [-0.1, -0.05) is 12.2 Å². The molecular formula is C9H8F3NS2. The molecule has 0 heterocycles. The molecule has 0 aliphatic heterocycles. The van der Waals surface area contributed by atoms with E-state index in [-0.39, 0.29) is 10.6 Å². The van der Waals surface area contributed by atoms with E-state index in [1.807, 2.05) is 0 Å². The van der Waals surface area contributed by atoms with Crippen LogP contribution in [0.25, 0.3) is 0 Å². The Morgan fingerprint density at radius 1 is 1.33 bits per heavy atom. The van der Waals surface area contributed by atoms with Gasteiger partial charge in [0.1, 0.15) is 4.99 Å².